The van der Waals surface area contributed by atoms with Gasteiger partial charge in [-0.15, -0.1) is 11.3 Å². The fourth-order valence-corrected chi connectivity index (χ4v) is 2.86. The molecule has 0 aliphatic carbocycles. The Kier molecular flexibility index (Phi) is 5.51. The molecule has 0 aromatic carbocycles. The molecule has 22 heavy (non-hydrogen) atoms. The third-order valence-electron chi connectivity index (χ3n) is 3.37. The molecule has 1 aliphatic rings. The number of methoxy groups -OCH3 is 1. The number of amides is 4. The van der Waals surface area contributed by atoms with Gasteiger partial charge in [0.05, 0.1) is 13.2 Å². The van der Waals surface area contributed by atoms with E-state index in [0.29, 0.717) is 19.7 Å². The highest BCUT2D eigenvalue weighted by atomic mass is 32.1. The quantitative estimate of drug-likeness (QED) is 0.689. The molecule has 0 bridgehead atoms. The molecule has 0 saturated carbocycles. The molecule has 8 heteroatoms. The molecule has 0 spiro atoms. The van der Waals surface area contributed by atoms with E-state index in [2.05, 4.69) is 0 Å². The zero-order valence-electron chi connectivity index (χ0n) is 12.7. The number of hydrogen-bond donors (Lipinski definition) is 0. The predicted octanol–water partition coefficient (Wildman–Crippen LogP) is 0.617. The van der Waals surface area contributed by atoms with Crippen molar-refractivity contribution in [1.82, 2.24) is 14.7 Å². The fourth-order valence-electron chi connectivity index (χ4n) is 2.14. The van der Waals surface area contributed by atoms with Crippen molar-refractivity contribution in [3.8, 4) is 0 Å². The number of hydrogen-bond acceptors (Lipinski definition) is 5. The molecule has 0 unspecified atom stereocenters. The van der Waals surface area contributed by atoms with E-state index in [9.17, 15) is 14.4 Å². The van der Waals surface area contributed by atoms with Gasteiger partial charge in [-0.25, -0.2) is 4.79 Å². The first kappa shape index (κ1) is 16.4. The third kappa shape index (κ3) is 3.83. The molecule has 0 radical (unpaired) electrons. The largest absolute Gasteiger partial charge is 0.383 e. The van der Waals surface area contributed by atoms with Crippen LogP contribution in [0, 0.1) is 0 Å². The zero-order chi connectivity index (χ0) is 16.1. The van der Waals surface area contributed by atoms with Gasteiger partial charge in [0, 0.05) is 25.6 Å². The van der Waals surface area contributed by atoms with E-state index in [0.717, 1.165) is 9.78 Å². The van der Waals surface area contributed by atoms with Crippen molar-refractivity contribution >= 4 is 29.2 Å². The zero-order valence-corrected chi connectivity index (χ0v) is 13.5. The van der Waals surface area contributed by atoms with Crippen molar-refractivity contribution in [3.05, 3.63) is 22.4 Å². The Morgan fingerprint density at radius 1 is 1.45 bits per heavy atom. The molecule has 120 valence electrons. The van der Waals surface area contributed by atoms with Crippen molar-refractivity contribution in [3.63, 3.8) is 0 Å². The second-order valence-corrected chi connectivity index (χ2v) is 6.04. The highest BCUT2D eigenvalue weighted by Crippen LogP contribution is 2.13. The lowest BCUT2D eigenvalue weighted by molar-refractivity contribution is -0.137. The Morgan fingerprint density at radius 2 is 2.23 bits per heavy atom. The van der Waals surface area contributed by atoms with Crippen LogP contribution >= 0.6 is 11.3 Å². The molecular formula is C14H19N3O4S. The topological polar surface area (TPSA) is 70.2 Å². The first-order valence-corrected chi connectivity index (χ1v) is 7.75. The SMILES string of the molecule is COCCN(Cc1cccs1)C(=O)CN1C(=O)CN(C)C1=O. The first-order valence-electron chi connectivity index (χ1n) is 6.87. The third-order valence-corrected chi connectivity index (χ3v) is 4.23. The number of imide groups is 1. The van der Waals surface area contributed by atoms with Gasteiger partial charge in [0.2, 0.25) is 5.91 Å². The van der Waals surface area contributed by atoms with Gasteiger partial charge >= 0.3 is 6.03 Å². The normalized spacial score (nSPS) is 14.8. The van der Waals surface area contributed by atoms with Crippen LogP contribution < -0.4 is 0 Å². The number of likely N-dealkylation sites (N-methyl/N-ethyl adjacent to an activating group) is 1. The molecule has 7 nitrogen and oxygen atoms in total. The summed E-state index contributed by atoms with van der Waals surface area (Å²) in [5.41, 5.74) is 0. The van der Waals surface area contributed by atoms with Crippen molar-refractivity contribution in [2.45, 2.75) is 6.54 Å². The average Bonchev–Trinajstić information content (AvgIpc) is 3.07. The van der Waals surface area contributed by atoms with Gasteiger partial charge in [-0.1, -0.05) is 6.07 Å². The van der Waals surface area contributed by atoms with Gasteiger partial charge in [0.1, 0.15) is 13.1 Å². The van der Waals surface area contributed by atoms with Crippen LogP contribution in [0.1, 0.15) is 4.88 Å². The van der Waals surface area contributed by atoms with Gasteiger partial charge in [0.15, 0.2) is 0 Å². The van der Waals surface area contributed by atoms with Crippen LogP contribution in [0.15, 0.2) is 17.5 Å². The van der Waals surface area contributed by atoms with Gasteiger partial charge in [-0.3, -0.25) is 14.5 Å². The summed E-state index contributed by atoms with van der Waals surface area (Å²) >= 11 is 1.56. The van der Waals surface area contributed by atoms with Crippen LogP contribution in [-0.2, 0) is 20.9 Å². The Hall–Kier alpha value is -1.93. The second kappa shape index (κ2) is 7.37. The van der Waals surface area contributed by atoms with E-state index >= 15 is 0 Å². The van der Waals surface area contributed by atoms with Crippen LogP contribution in [0.25, 0.3) is 0 Å². The van der Waals surface area contributed by atoms with E-state index in [-0.39, 0.29) is 24.9 Å². The van der Waals surface area contributed by atoms with E-state index in [1.165, 1.54) is 4.90 Å². The average molecular weight is 325 g/mol. The number of rotatable bonds is 7. The van der Waals surface area contributed by atoms with Crippen LogP contribution in [0.5, 0.6) is 0 Å². The molecule has 1 aromatic rings. The van der Waals surface area contributed by atoms with Crippen LogP contribution in [-0.4, -0.2) is 72.9 Å². The summed E-state index contributed by atoms with van der Waals surface area (Å²) in [7, 11) is 3.11. The molecule has 0 N–H and O–H groups in total. The molecule has 2 heterocycles. The number of ether oxygens (including phenoxy) is 1. The van der Waals surface area contributed by atoms with Gasteiger partial charge < -0.3 is 14.5 Å². The van der Waals surface area contributed by atoms with E-state index in [1.54, 1.807) is 30.4 Å². The maximum atomic E-state index is 12.4. The minimum Gasteiger partial charge on any atom is -0.383 e. The number of carbonyl (C=O) groups is 3. The molecule has 4 amide bonds. The lowest BCUT2D eigenvalue weighted by Crippen LogP contribution is -2.43. The van der Waals surface area contributed by atoms with Crippen molar-refractivity contribution < 1.29 is 19.1 Å². The minimum absolute atomic E-state index is 0.0229. The smallest absolute Gasteiger partial charge is 0.327 e. The Balaban J connectivity index is 2.01. The maximum absolute atomic E-state index is 12.4. The fraction of sp³-hybridized carbons (Fsp3) is 0.500. The van der Waals surface area contributed by atoms with E-state index < -0.39 is 6.03 Å². The van der Waals surface area contributed by atoms with Gasteiger partial charge in [0.25, 0.3) is 5.91 Å². The monoisotopic (exact) mass is 325 g/mol. The second-order valence-electron chi connectivity index (χ2n) is 5.01. The molecular weight excluding hydrogens is 306 g/mol. The van der Waals surface area contributed by atoms with Crippen LogP contribution in [0.4, 0.5) is 4.79 Å². The number of urea groups is 1. The first-order chi connectivity index (χ1) is 10.5. The Labute approximate surface area is 133 Å². The summed E-state index contributed by atoms with van der Waals surface area (Å²) in [6, 6.07) is 3.43. The molecule has 2 rings (SSSR count). The van der Waals surface area contributed by atoms with Gasteiger partial charge in [-0.2, -0.15) is 0 Å². The van der Waals surface area contributed by atoms with Crippen molar-refractivity contribution in [1.29, 1.82) is 0 Å². The highest BCUT2D eigenvalue weighted by molar-refractivity contribution is 7.09. The lowest BCUT2D eigenvalue weighted by Gasteiger charge is -2.24. The molecule has 1 aliphatic heterocycles. The molecule has 1 fully saturated rings. The molecule has 1 saturated heterocycles. The summed E-state index contributed by atoms with van der Waals surface area (Å²) in [5, 5.41) is 1.94. The summed E-state index contributed by atoms with van der Waals surface area (Å²) in [5.74, 6) is -0.605. The summed E-state index contributed by atoms with van der Waals surface area (Å²) < 4.78 is 5.02. The van der Waals surface area contributed by atoms with Crippen molar-refractivity contribution in [2.24, 2.45) is 0 Å². The lowest BCUT2D eigenvalue weighted by atomic mass is 10.3. The predicted molar refractivity (Wildman–Crippen MR) is 81.4 cm³/mol. The number of nitrogens with zero attached hydrogens (tertiary/aromatic N) is 3. The number of thiophene rings is 1. The molecule has 1 aromatic heterocycles. The maximum Gasteiger partial charge on any atom is 0.327 e. The number of carbonyl (C=O) groups excluding carboxylic acids is 3. The van der Waals surface area contributed by atoms with E-state index in [4.69, 9.17) is 4.74 Å². The molecule has 0 atom stereocenters. The van der Waals surface area contributed by atoms with Gasteiger partial charge in [-0.05, 0) is 11.4 Å². The van der Waals surface area contributed by atoms with Crippen molar-refractivity contribution in [2.75, 3.05) is 40.4 Å². The standard InChI is InChI=1S/C14H19N3O4S/c1-15-9-13(19)17(14(15)20)10-12(18)16(5-6-21-2)8-11-4-3-7-22-11/h3-4,7H,5-6,8-10H2,1-2H3. The minimum atomic E-state index is -0.429. The summed E-state index contributed by atoms with van der Waals surface area (Å²) in [6.45, 7) is 1.07. The van der Waals surface area contributed by atoms with E-state index in [1.807, 2.05) is 17.5 Å². The summed E-state index contributed by atoms with van der Waals surface area (Å²) in [6.07, 6.45) is 0. The Morgan fingerprint density at radius 3 is 2.77 bits per heavy atom. The van der Waals surface area contributed by atoms with Crippen LogP contribution in [0.3, 0.4) is 0 Å². The Bertz CT molecular complexity index is 546. The summed E-state index contributed by atoms with van der Waals surface area (Å²) in [4.78, 5) is 41.0. The highest BCUT2D eigenvalue weighted by Gasteiger charge is 2.35. The van der Waals surface area contributed by atoms with Crippen LogP contribution in [0.2, 0.25) is 0 Å².